The lowest BCUT2D eigenvalue weighted by molar-refractivity contribution is -0.385. The Morgan fingerprint density at radius 1 is 1.47 bits per heavy atom. The van der Waals surface area contributed by atoms with E-state index in [2.05, 4.69) is 5.10 Å². The van der Waals surface area contributed by atoms with E-state index in [1.807, 2.05) is 0 Å². The Bertz CT molecular complexity index is 650. The van der Waals surface area contributed by atoms with Gasteiger partial charge in [-0.25, -0.2) is 9.48 Å². The third kappa shape index (κ3) is 2.23. The zero-order valence-corrected chi connectivity index (χ0v) is 9.81. The van der Waals surface area contributed by atoms with Crippen molar-refractivity contribution in [1.29, 1.82) is 0 Å². The predicted octanol–water partition coefficient (Wildman–Crippen LogP) is 1.49. The van der Waals surface area contributed by atoms with Crippen molar-refractivity contribution < 1.29 is 19.6 Å². The highest BCUT2D eigenvalue weighted by Gasteiger charge is 2.22. The first-order valence-corrected chi connectivity index (χ1v) is 5.15. The van der Waals surface area contributed by atoms with Crippen molar-refractivity contribution in [3.8, 4) is 11.4 Å². The topological polar surface area (TPSA) is 107 Å². The molecule has 0 aliphatic heterocycles. The number of ether oxygens (including phenoxy) is 1. The fraction of sp³-hybridized carbons (Fsp3) is 0.0909. The van der Waals surface area contributed by atoms with Gasteiger partial charge in [0.1, 0.15) is 5.69 Å². The Morgan fingerprint density at radius 3 is 2.74 bits per heavy atom. The molecule has 1 heterocycles. The fourth-order valence-electron chi connectivity index (χ4n) is 1.62. The van der Waals surface area contributed by atoms with Crippen molar-refractivity contribution in [2.45, 2.75) is 0 Å². The summed E-state index contributed by atoms with van der Waals surface area (Å²) in [5, 5.41) is 23.6. The first-order valence-electron chi connectivity index (χ1n) is 5.15. The highest BCUT2D eigenvalue weighted by Crippen LogP contribution is 2.32. The molecular formula is C11H9N3O5. The van der Waals surface area contributed by atoms with Crippen molar-refractivity contribution in [2.75, 3.05) is 7.11 Å². The van der Waals surface area contributed by atoms with Crippen LogP contribution in [0.15, 0.2) is 30.5 Å². The van der Waals surface area contributed by atoms with Gasteiger partial charge in [-0.2, -0.15) is 5.10 Å². The van der Waals surface area contributed by atoms with E-state index in [0.29, 0.717) is 0 Å². The van der Waals surface area contributed by atoms with Crippen molar-refractivity contribution in [1.82, 2.24) is 9.78 Å². The van der Waals surface area contributed by atoms with Crippen molar-refractivity contribution in [3.63, 3.8) is 0 Å². The predicted molar refractivity (Wildman–Crippen MR) is 63.7 cm³/mol. The van der Waals surface area contributed by atoms with Gasteiger partial charge in [0.15, 0.2) is 11.4 Å². The van der Waals surface area contributed by atoms with Crippen LogP contribution in [0.25, 0.3) is 5.69 Å². The lowest BCUT2D eigenvalue weighted by Gasteiger charge is -2.06. The normalized spacial score (nSPS) is 10.2. The zero-order chi connectivity index (χ0) is 14.0. The summed E-state index contributed by atoms with van der Waals surface area (Å²) in [7, 11) is 1.32. The smallest absolute Gasteiger partial charge is 0.356 e. The number of aromatic nitrogens is 2. The molecule has 0 saturated carbocycles. The molecule has 19 heavy (non-hydrogen) atoms. The number of nitro benzene ring substituents is 1. The summed E-state index contributed by atoms with van der Waals surface area (Å²) < 4.78 is 6.05. The maximum atomic E-state index is 11.1. The maximum Gasteiger partial charge on any atom is 0.356 e. The van der Waals surface area contributed by atoms with E-state index in [0.717, 1.165) is 4.68 Å². The number of nitro groups is 1. The average molecular weight is 263 g/mol. The Balaban J connectivity index is 2.60. The van der Waals surface area contributed by atoms with E-state index in [1.165, 1.54) is 31.5 Å². The molecule has 0 unspecified atom stereocenters. The summed E-state index contributed by atoms with van der Waals surface area (Å²) in [6, 6.07) is 5.72. The number of aromatic carboxylic acids is 1. The number of rotatable bonds is 4. The third-order valence-corrected chi connectivity index (χ3v) is 2.44. The summed E-state index contributed by atoms with van der Waals surface area (Å²) in [5.41, 5.74) is -0.334. The first kappa shape index (κ1) is 12.6. The SMILES string of the molecule is COc1cccc(-n2ccc(C(=O)O)n2)c1[N+](=O)[O-]. The highest BCUT2D eigenvalue weighted by atomic mass is 16.6. The summed E-state index contributed by atoms with van der Waals surface area (Å²) in [6.07, 6.45) is 1.34. The van der Waals surface area contributed by atoms with Crippen LogP contribution in [0.4, 0.5) is 5.69 Å². The molecule has 1 aromatic carbocycles. The third-order valence-electron chi connectivity index (χ3n) is 2.44. The number of nitrogens with zero attached hydrogens (tertiary/aromatic N) is 3. The van der Waals surface area contributed by atoms with Crippen LogP contribution in [-0.2, 0) is 0 Å². The Morgan fingerprint density at radius 2 is 2.21 bits per heavy atom. The van der Waals surface area contributed by atoms with Crippen LogP contribution >= 0.6 is 0 Å². The zero-order valence-electron chi connectivity index (χ0n) is 9.81. The van der Waals surface area contributed by atoms with Crippen molar-refractivity contribution >= 4 is 11.7 Å². The second-order valence-electron chi connectivity index (χ2n) is 3.54. The summed E-state index contributed by atoms with van der Waals surface area (Å²) in [5.74, 6) is -1.13. The van der Waals surface area contributed by atoms with Gasteiger partial charge in [-0.15, -0.1) is 0 Å². The van der Waals surface area contributed by atoms with Crippen LogP contribution in [0.3, 0.4) is 0 Å². The number of para-hydroxylation sites is 1. The monoisotopic (exact) mass is 263 g/mol. The van der Waals surface area contributed by atoms with E-state index in [1.54, 1.807) is 6.07 Å². The van der Waals surface area contributed by atoms with Gasteiger partial charge in [0.05, 0.1) is 12.0 Å². The molecule has 0 radical (unpaired) electrons. The van der Waals surface area contributed by atoms with Crippen LogP contribution in [-0.4, -0.2) is 32.9 Å². The Kier molecular flexibility index (Phi) is 3.15. The molecule has 0 amide bonds. The quantitative estimate of drug-likeness (QED) is 0.661. The molecule has 0 saturated heterocycles. The molecule has 0 fully saturated rings. The van der Waals surface area contributed by atoms with Crippen LogP contribution in [0, 0.1) is 10.1 Å². The first-order chi connectivity index (χ1) is 9.04. The molecule has 8 heteroatoms. The number of hydrogen-bond donors (Lipinski definition) is 1. The van der Waals surface area contributed by atoms with Gasteiger partial charge in [0.2, 0.25) is 0 Å². The van der Waals surface area contributed by atoms with Gasteiger partial charge in [-0.3, -0.25) is 10.1 Å². The summed E-state index contributed by atoms with van der Waals surface area (Å²) in [6.45, 7) is 0. The molecule has 0 aliphatic carbocycles. The summed E-state index contributed by atoms with van der Waals surface area (Å²) >= 11 is 0. The second kappa shape index (κ2) is 4.77. The van der Waals surface area contributed by atoms with E-state index < -0.39 is 10.9 Å². The molecule has 2 rings (SSSR count). The molecular weight excluding hydrogens is 254 g/mol. The number of benzene rings is 1. The van der Waals surface area contributed by atoms with E-state index >= 15 is 0 Å². The van der Waals surface area contributed by atoms with Gasteiger partial charge in [-0.1, -0.05) is 6.07 Å². The molecule has 0 aliphatic rings. The molecule has 1 aromatic heterocycles. The van der Waals surface area contributed by atoms with Crippen molar-refractivity contribution in [2.24, 2.45) is 0 Å². The summed E-state index contributed by atoms with van der Waals surface area (Å²) in [4.78, 5) is 21.2. The molecule has 98 valence electrons. The van der Waals surface area contributed by atoms with Crippen LogP contribution in [0.2, 0.25) is 0 Å². The molecule has 8 nitrogen and oxygen atoms in total. The number of methoxy groups -OCH3 is 1. The minimum absolute atomic E-state index is 0.0786. The highest BCUT2D eigenvalue weighted by molar-refractivity contribution is 5.85. The fourth-order valence-corrected chi connectivity index (χ4v) is 1.62. The van der Waals surface area contributed by atoms with E-state index in [9.17, 15) is 14.9 Å². The minimum Gasteiger partial charge on any atom is -0.490 e. The van der Waals surface area contributed by atoms with Gasteiger partial charge < -0.3 is 9.84 Å². The van der Waals surface area contributed by atoms with E-state index in [-0.39, 0.29) is 22.8 Å². The van der Waals surface area contributed by atoms with Gasteiger partial charge in [-0.05, 0) is 18.2 Å². The van der Waals surface area contributed by atoms with E-state index in [4.69, 9.17) is 9.84 Å². The lowest BCUT2D eigenvalue weighted by atomic mass is 10.2. The molecule has 1 N–H and O–H groups in total. The average Bonchev–Trinajstić information content (AvgIpc) is 2.87. The largest absolute Gasteiger partial charge is 0.490 e. The van der Waals surface area contributed by atoms with Crippen LogP contribution in [0.1, 0.15) is 10.5 Å². The standard InChI is InChI=1S/C11H9N3O5/c1-19-9-4-2-3-8(10(9)14(17)18)13-6-5-7(12-13)11(15)16/h2-6H,1H3,(H,15,16). The number of hydrogen-bond acceptors (Lipinski definition) is 5. The Labute approximate surface area is 107 Å². The number of carboxylic acids is 1. The number of carbonyl (C=O) groups is 1. The van der Waals surface area contributed by atoms with Crippen molar-refractivity contribution in [3.05, 3.63) is 46.3 Å². The van der Waals surface area contributed by atoms with Gasteiger partial charge in [0.25, 0.3) is 0 Å². The lowest BCUT2D eigenvalue weighted by Crippen LogP contribution is -2.04. The maximum absolute atomic E-state index is 11.1. The molecule has 0 bridgehead atoms. The number of carboxylic acid groups (broad SMARTS) is 1. The minimum atomic E-state index is -1.20. The van der Waals surface area contributed by atoms with Crippen LogP contribution in [0.5, 0.6) is 5.75 Å². The Hall–Kier alpha value is -2.90. The van der Waals surface area contributed by atoms with Gasteiger partial charge in [0, 0.05) is 6.20 Å². The second-order valence-corrected chi connectivity index (χ2v) is 3.54. The molecule has 0 atom stereocenters. The molecule has 0 spiro atoms. The van der Waals surface area contributed by atoms with Crippen LogP contribution < -0.4 is 4.74 Å². The molecule has 2 aromatic rings. The van der Waals surface area contributed by atoms with Gasteiger partial charge >= 0.3 is 11.7 Å².